The lowest BCUT2D eigenvalue weighted by Crippen LogP contribution is -2.19. The average Bonchev–Trinajstić information content (AvgIpc) is 2.50. The van der Waals surface area contributed by atoms with E-state index in [1.807, 2.05) is 49.4 Å². The molecule has 0 unspecified atom stereocenters. The van der Waals surface area contributed by atoms with Crippen LogP contribution in [-0.4, -0.2) is 19.7 Å². The van der Waals surface area contributed by atoms with E-state index in [0.29, 0.717) is 18.9 Å². The summed E-state index contributed by atoms with van der Waals surface area (Å²) in [4.78, 5) is 12.0. The molecule has 2 aromatic rings. The van der Waals surface area contributed by atoms with Crippen molar-refractivity contribution in [3.8, 4) is 5.75 Å². The molecule has 0 fully saturated rings. The minimum atomic E-state index is -0.298. The fraction of sp³-hybridized carbons (Fsp3) is 0.235. The van der Waals surface area contributed by atoms with Crippen molar-refractivity contribution in [2.45, 2.75) is 13.5 Å². The molecule has 2 rings (SSSR count). The summed E-state index contributed by atoms with van der Waals surface area (Å²) in [5, 5.41) is 5.55. The summed E-state index contributed by atoms with van der Waals surface area (Å²) in [6, 6.07) is 14.5. The van der Waals surface area contributed by atoms with Gasteiger partial charge in [0.2, 0.25) is 0 Å². The van der Waals surface area contributed by atoms with E-state index in [4.69, 9.17) is 9.47 Å². The highest BCUT2D eigenvalue weighted by Gasteiger charge is 2.04. The highest BCUT2D eigenvalue weighted by Crippen LogP contribution is 2.18. The van der Waals surface area contributed by atoms with Crippen molar-refractivity contribution < 1.29 is 14.3 Å². The molecule has 0 saturated heterocycles. The molecule has 0 atom stereocenters. The van der Waals surface area contributed by atoms with E-state index in [1.54, 1.807) is 13.2 Å². The Morgan fingerprint density at radius 2 is 1.77 bits per heavy atom. The molecule has 0 radical (unpaired) electrons. The van der Waals surface area contributed by atoms with E-state index in [0.717, 1.165) is 17.0 Å². The molecule has 0 aliphatic carbocycles. The van der Waals surface area contributed by atoms with Crippen LogP contribution in [0, 0.1) is 0 Å². The van der Waals surface area contributed by atoms with E-state index in [2.05, 4.69) is 10.6 Å². The number of rotatable bonds is 6. The number of hydrogen-bond donors (Lipinski definition) is 2. The lowest BCUT2D eigenvalue weighted by atomic mass is 10.2. The molecule has 0 spiro atoms. The largest absolute Gasteiger partial charge is 0.494 e. The van der Waals surface area contributed by atoms with Crippen molar-refractivity contribution in [1.29, 1.82) is 0 Å². The summed E-state index contributed by atoms with van der Waals surface area (Å²) < 4.78 is 10.4. The van der Waals surface area contributed by atoms with Crippen LogP contribution in [0.3, 0.4) is 0 Å². The SMILES string of the molecule is CCOc1cccc(NC(=O)Nc2ccc(COC)cc2)c1. The quantitative estimate of drug-likeness (QED) is 0.851. The monoisotopic (exact) mass is 300 g/mol. The molecule has 5 nitrogen and oxygen atoms in total. The summed E-state index contributed by atoms with van der Waals surface area (Å²) in [6.07, 6.45) is 0. The fourth-order valence-corrected chi connectivity index (χ4v) is 1.97. The van der Waals surface area contributed by atoms with E-state index in [9.17, 15) is 4.79 Å². The number of urea groups is 1. The predicted molar refractivity (Wildman–Crippen MR) is 87.4 cm³/mol. The first-order valence-corrected chi connectivity index (χ1v) is 7.10. The molecule has 0 aromatic heterocycles. The standard InChI is InChI=1S/C17H20N2O3/c1-3-22-16-6-4-5-15(11-16)19-17(20)18-14-9-7-13(8-10-14)12-21-2/h4-11H,3,12H2,1-2H3,(H2,18,19,20). The van der Waals surface area contributed by atoms with Crippen LogP contribution in [0.15, 0.2) is 48.5 Å². The van der Waals surface area contributed by atoms with Crippen LogP contribution in [-0.2, 0) is 11.3 Å². The zero-order valence-corrected chi connectivity index (χ0v) is 12.8. The van der Waals surface area contributed by atoms with Crippen LogP contribution in [0.2, 0.25) is 0 Å². The van der Waals surface area contributed by atoms with Crippen molar-refractivity contribution in [3.05, 3.63) is 54.1 Å². The third-order valence-electron chi connectivity index (χ3n) is 2.93. The Morgan fingerprint density at radius 3 is 2.45 bits per heavy atom. The molecule has 0 heterocycles. The van der Waals surface area contributed by atoms with Crippen LogP contribution in [0.4, 0.5) is 16.2 Å². The highest BCUT2D eigenvalue weighted by atomic mass is 16.5. The lowest BCUT2D eigenvalue weighted by molar-refractivity contribution is 0.185. The molecule has 2 aromatic carbocycles. The van der Waals surface area contributed by atoms with Crippen LogP contribution in [0.5, 0.6) is 5.75 Å². The molecule has 116 valence electrons. The lowest BCUT2D eigenvalue weighted by Gasteiger charge is -2.10. The van der Waals surface area contributed by atoms with Gasteiger partial charge in [0.15, 0.2) is 0 Å². The third kappa shape index (κ3) is 4.79. The Balaban J connectivity index is 1.93. The van der Waals surface area contributed by atoms with Gasteiger partial charge < -0.3 is 20.1 Å². The smallest absolute Gasteiger partial charge is 0.323 e. The van der Waals surface area contributed by atoms with Gasteiger partial charge in [-0.05, 0) is 36.8 Å². The summed E-state index contributed by atoms with van der Waals surface area (Å²) in [5.74, 6) is 0.726. The zero-order valence-electron chi connectivity index (χ0n) is 12.8. The second-order valence-electron chi connectivity index (χ2n) is 4.67. The molecule has 0 saturated carbocycles. The Bertz CT molecular complexity index is 612. The summed E-state index contributed by atoms with van der Waals surface area (Å²) in [7, 11) is 1.65. The summed E-state index contributed by atoms with van der Waals surface area (Å²) in [5.41, 5.74) is 2.45. The van der Waals surface area contributed by atoms with Gasteiger partial charge in [-0.15, -0.1) is 0 Å². The first-order valence-electron chi connectivity index (χ1n) is 7.10. The number of nitrogens with one attached hydrogen (secondary N) is 2. The first kappa shape index (κ1) is 15.9. The van der Waals surface area contributed by atoms with Crippen LogP contribution < -0.4 is 15.4 Å². The number of hydrogen-bond acceptors (Lipinski definition) is 3. The van der Waals surface area contributed by atoms with Gasteiger partial charge in [0.25, 0.3) is 0 Å². The number of benzene rings is 2. The van der Waals surface area contributed by atoms with Gasteiger partial charge in [-0.25, -0.2) is 4.79 Å². The minimum absolute atomic E-state index is 0.298. The molecule has 2 N–H and O–H groups in total. The van der Waals surface area contributed by atoms with Crippen LogP contribution in [0.1, 0.15) is 12.5 Å². The first-order chi connectivity index (χ1) is 10.7. The Morgan fingerprint density at radius 1 is 1.05 bits per heavy atom. The number of methoxy groups -OCH3 is 1. The second-order valence-corrected chi connectivity index (χ2v) is 4.67. The topological polar surface area (TPSA) is 59.6 Å². The number of ether oxygens (including phenoxy) is 2. The van der Waals surface area contributed by atoms with Gasteiger partial charge in [-0.2, -0.15) is 0 Å². The van der Waals surface area contributed by atoms with Crippen molar-refractivity contribution in [2.75, 3.05) is 24.4 Å². The minimum Gasteiger partial charge on any atom is -0.494 e. The number of anilines is 2. The maximum absolute atomic E-state index is 12.0. The van der Waals surface area contributed by atoms with Gasteiger partial charge in [0.1, 0.15) is 5.75 Å². The third-order valence-corrected chi connectivity index (χ3v) is 2.93. The Kier molecular flexibility index (Phi) is 5.80. The van der Waals surface area contributed by atoms with Gasteiger partial charge >= 0.3 is 6.03 Å². The van der Waals surface area contributed by atoms with Gasteiger partial charge in [-0.3, -0.25) is 0 Å². The summed E-state index contributed by atoms with van der Waals surface area (Å²) in [6.45, 7) is 3.06. The van der Waals surface area contributed by atoms with Gasteiger partial charge in [0, 0.05) is 24.6 Å². The number of carbonyl (C=O) groups is 1. The van der Waals surface area contributed by atoms with Gasteiger partial charge in [-0.1, -0.05) is 18.2 Å². The maximum atomic E-state index is 12.0. The zero-order chi connectivity index (χ0) is 15.8. The molecular weight excluding hydrogens is 280 g/mol. The molecule has 22 heavy (non-hydrogen) atoms. The van der Waals surface area contributed by atoms with E-state index in [1.165, 1.54) is 0 Å². The molecule has 0 aliphatic heterocycles. The Labute approximate surface area is 130 Å². The summed E-state index contributed by atoms with van der Waals surface area (Å²) >= 11 is 0. The van der Waals surface area contributed by atoms with Crippen LogP contribution in [0.25, 0.3) is 0 Å². The van der Waals surface area contributed by atoms with Crippen molar-refractivity contribution >= 4 is 17.4 Å². The molecule has 0 bridgehead atoms. The molecule has 0 aliphatic rings. The predicted octanol–water partition coefficient (Wildman–Crippen LogP) is 3.88. The van der Waals surface area contributed by atoms with Crippen LogP contribution >= 0.6 is 0 Å². The molecule has 2 amide bonds. The second kappa shape index (κ2) is 8.05. The Hall–Kier alpha value is -2.53. The average molecular weight is 300 g/mol. The van der Waals surface area contributed by atoms with E-state index < -0.39 is 0 Å². The molecule has 5 heteroatoms. The fourth-order valence-electron chi connectivity index (χ4n) is 1.97. The number of carbonyl (C=O) groups excluding carboxylic acids is 1. The maximum Gasteiger partial charge on any atom is 0.323 e. The van der Waals surface area contributed by atoms with E-state index in [-0.39, 0.29) is 6.03 Å². The van der Waals surface area contributed by atoms with Crippen molar-refractivity contribution in [2.24, 2.45) is 0 Å². The molecular formula is C17H20N2O3. The normalized spacial score (nSPS) is 10.1. The van der Waals surface area contributed by atoms with Crippen molar-refractivity contribution in [3.63, 3.8) is 0 Å². The highest BCUT2D eigenvalue weighted by molar-refractivity contribution is 5.99. The van der Waals surface area contributed by atoms with Gasteiger partial charge in [0.05, 0.1) is 13.2 Å². The van der Waals surface area contributed by atoms with E-state index >= 15 is 0 Å². The van der Waals surface area contributed by atoms with Crippen molar-refractivity contribution in [1.82, 2.24) is 0 Å². The number of amides is 2.